The van der Waals surface area contributed by atoms with Crippen LogP contribution < -0.4 is 0 Å². The van der Waals surface area contributed by atoms with Gasteiger partial charge in [0.1, 0.15) is 5.78 Å². The fraction of sp³-hybridized carbons (Fsp3) is 0.944. The van der Waals surface area contributed by atoms with Crippen LogP contribution in [0.25, 0.3) is 0 Å². The Bertz CT molecular complexity index is 215. The van der Waals surface area contributed by atoms with Crippen molar-refractivity contribution in [1.29, 1.82) is 0 Å². The predicted octanol–water partition coefficient (Wildman–Crippen LogP) is 6.26. The van der Waals surface area contributed by atoms with Crippen molar-refractivity contribution < 1.29 is 4.79 Å². The van der Waals surface area contributed by atoms with Crippen molar-refractivity contribution in [2.75, 3.05) is 11.5 Å². The lowest BCUT2D eigenvalue weighted by atomic mass is 10.0. The van der Waals surface area contributed by atoms with Crippen LogP contribution in [-0.4, -0.2) is 17.3 Å². The molecule has 0 bridgehead atoms. The van der Waals surface area contributed by atoms with Gasteiger partial charge in [0.05, 0.1) is 0 Å². The molecule has 0 aliphatic heterocycles. The Labute approximate surface area is 131 Å². The lowest BCUT2D eigenvalue weighted by Crippen LogP contribution is -2.09. The first-order chi connectivity index (χ1) is 9.72. The monoisotopic (exact) mass is 300 g/mol. The quantitative estimate of drug-likeness (QED) is 0.332. The molecule has 1 atom stereocenters. The summed E-state index contributed by atoms with van der Waals surface area (Å²) in [5.74, 6) is 3.18. The van der Waals surface area contributed by atoms with E-state index in [1.165, 1.54) is 62.9 Å². The summed E-state index contributed by atoms with van der Waals surface area (Å²) in [6.45, 7) is 6.42. The van der Waals surface area contributed by atoms with Gasteiger partial charge in [-0.15, -0.1) is 0 Å². The number of carbonyl (C=O) groups excluding carboxylic acids is 1. The van der Waals surface area contributed by atoms with E-state index >= 15 is 0 Å². The standard InChI is InChI=1S/C18H36OS/c1-4-6-7-8-9-10-11-12-15-20-16-13-14-18(19)17(3)5-2/h17H,4-16H2,1-3H3. The minimum absolute atomic E-state index is 0.271. The molecule has 1 nitrogen and oxygen atoms in total. The molecule has 0 aliphatic carbocycles. The van der Waals surface area contributed by atoms with Crippen LogP contribution in [-0.2, 0) is 4.79 Å². The second-order valence-corrected chi connectivity index (χ2v) is 7.19. The maximum Gasteiger partial charge on any atom is 0.135 e. The predicted molar refractivity (Wildman–Crippen MR) is 93.6 cm³/mol. The number of unbranched alkanes of at least 4 members (excludes halogenated alkanes) is 7. The molecule has 0 rings (SSSR count). The first-order valence-corrected chi connectivity index (χ1v) is 9.98. The van der Waals surface area contributed by atoms with Crippen molar-refractivity contribution in [2.24, 2.45) is 5.92 Å². The SMILES string of the molecule is CCCCCCCCCCSCCCC(=O)C(C)CC. The van der Waals surface area contributed by atoms with Crippen molar-refractivity contribution in [2.45, 2.75) is 91.4 Å². The topological polar surface area (TPSA) is 17.1 Å². The first-order valence-electron chi connectivity index (χ1n) is 8.82. The van der Waals surface area contributed by atoms with Gasteiger partial charge in [-0.25, -0.2) is 0 Å². The van der Waals surface area contributed by atoms with Gasteiger partial charge in [-0.3, -0.25) is 4.79 Å². The number of Topliss-reactive ketones (excluding diaryl/α,β-unsaturated/α-hetero) is 1. The number of carbonyl (C=O) groups is 1. The van der Waals surface area contributed by atoms with Crippen LogP contribution >= 0.6 is 11.8 Å². The summed E-state index contributed by atoms with van der Waals surface area (Å²) in [5.41, 5.74) is 0. The van der Waals surface area contributed by atoms with Crippen LogP contribution in [0.4, 0.5) is 0 Å². The molecule has 0 aromatic rings. The van der Waals surface area contributed by atoms with Crippen LogP contribution in [0.5, 0.6) is 0 Å². The molecule has 2 heteroatoms. The summed E-state index contributed by atoms with van der Waals surface area (Å²) in [5, 5.41) is 0. The van der Waals surface area contributed by atoms with E-state index in [2.05, 4.69) is 20.8 Å². The van der Waals surface area contributed by atoms with Gasteiger partial charge < -0.3 is 0 Å². The van der Waals surface area contributed by atoms with Gasteiger partial charge in [-0.05, 0) is 30.8 Å². The van der Waals surface area contributed by atoms with E-state index in [1.54, 1.807) is 0 Å². The molecule has 120 valence electrons. The van der Waals surface area contributed by atoms with Crippen LogP contribution in [0, 0.1) is 5.92 Å². The molecule has 0 aromatic carbocycles. The Balaban J connectivity index is 3.11. The molecule has 20 heavy (non-hydrogen) atoms. The Morgan fingerprint density at radius 2 is 1.40 bits per heavy atom. The summed E-state index contributed by atoms with van der Waals surface area (Å²) >= 11 is 2.03. The number of thioether (sulfide) groups is 1. The minimum Gasteiger partial charge on any atom is -0.299 e. The highest BCUT2D eigenvalue weighted by Gasteiger charge is 2.09. The van der Waals surface area contributed by atoms with E-state index in [4.69, 9.17) is 0 Å². The highest BCUT2D eigenvalue weighted by atomic mass is 32.2. The maximum atomic E-state index is 11.6. The molecule has 0 heterocycles. The molecule has 0 fully saturated rings. The fourth-order valence-electron chi connectivity index (χ4n) is 2.26. The highest BCUT2D eigenvalue weighted by molar-refractivity contribution is 7.99. The second-order valence-electron chi connectivity index (χ2n) is 5.97. The lowest BCUT2D eigenvalue weighted by molar-refractivity contribution is -0.122. The Kier molecular flexibility index (Phi) is 15.4. The van der Waals surface area contributed by atoms with Gasteiger partial charge in [0.15, 0.2) is 0 Å². The molecule has 0 amide bonds. The van der Waals surface area contributed by atoms with Gasteiger partial charge in [0.2, 0.25) is 0 Å². The van der Waals surface area contributed by atoms with Crippen molar-refractivity contribution in [1.82, 2.24) is 0 Å². The molecule has 0 radical (unpaired) electrons. The van der Waals surface area contributed by atoms with E-state index in [0.717, 1.165) is 19.3 Å². The van der Waals surface area contributed by atoms with Crippen LogP contribution in [0.15, 0.2) is 0 Å². The van der Waals surface area contributed by atoms with Gasteiger partial charge in [-0.2, -0.15) is 11.8 Å². The number of ketones is 1. The number of rotatable bonds is 15. The van der Waals surface area contributed by atoms with E-state index < -0.39 is 0 Å². The largest absolute Gasteiger partial charge is 0.299 e. The molecule has 0 saturated heterocycles. The van der Waals surface area contributed by atoms with Crippen molar-refractivity contribution >= 4 is 17.5 Å². The number of hydrogen-bond donors (Lipinski definition) is 0. The average Bonchev–Trinajstić information content (AvgIpc) is 2.47. The summed E-state index contributed by atoms with van der Waals surface area (Å²) < 4.78 is 0. The zero-order valence-corrected chi connectivity index (χ0v) is 14.9. The lowest BCUT2D eigenvalue weighted by Gasteiger charge is -2.06. The normalized spacial score (nSPS) is 12.6. The van der Waals surface area contributed by atoms with Crippen LogP contribution in [0.1, 0.15) is 91.4 Å². The summed E-state index contributed by atoms with van der Waals surface area (Å²) in [4.78, 5) is 11.6. The van der Waals surface area contributed by atoms with E-state index in [9.17, 15) is 4.79 Å². The Morgan fingerprint density at radius 3 is 2.00 bits per heavy atom. The average molecular weight is 301 g/mol. The van der Waals surface area contributed by atoms with Crippen molar-refractivity contribution in [3.8, 4) is 0 Å². The third-order valence-electron chi connectivity index (χ3n) is 4.02. The zero-order valence-electron chi connectivity index (χ0n) is 14.1. The Hall–Kier alpha value is 0.0200. The van der Waals surface area contributed by atoms with Crippen LogP contribution in [0.3, 0.4) is 0 Å². The van der Waals surface area contributed by atoms with Gasteiger partial charge in [0, 0.05) is 12.3 Å². The smallest absolute Gasteiger partial charge is 0.135 e. The molecule has 1 unspecified atom stereocenters. The number of hydrogen-bond acceptors (Lipinski definition) is 2. The molecule has 0 spiro atoms. The molecule has 0 saturated carbocycles. The third-order valence-corrected chi connectivity index (χ3v) is 5.17. The van der Waals surface area contributed by atoms with E-state index in [1.807, 2.05) is 11.8 Å². The van der Waals surface area contributed by atoms with Crippen LogP contribution in [0.2, 0.25) is 0 Å². The van der Waals surface area contributed by atoms with E-state index in [-0.39, 0.29) is 5.92 Å². The molecule has 0 aromatic heterocycles. The second kappa shape index (κ2) is 15.4. The molecule has 0 aliphatic rings. The van der Waals surface area contributed by atoms with Gasteiger partial charge >= 0.3 is 0 Å². The van der Waals surface area contributed by atoms with Crippen molar-refractivity contribution in [3.05, 3.63) is 0 Å². The minimum atomic E-state index is 0.271. The maximum absolute atomic E-state index is 11.6. The fourth-order valence-corrected chi connectivity index (χ4v) is 3.22. The van der Waals surface area contributed by atoms with E-state index in [0.29, 0.717) is 5.78 Å². The molecule has 0 N–H and O–H groups in total. The zero-order chi connectivity index (χ0) is 15.1. The summed E-state index contributed by atoms with van der Waals surface area (Å²) in [7, 11) is 0. The summed E-state index contributed by atoms with van der Waals surface area (Å²) in [6, 6.07) is 0. The van der Waals surface area contributed by atoms with Gasteiger partial charge in [0.25, 0.3) is 0 Å². The summed E-state index contributed by atoms with van der Waals surface area (Å²) in [6.07, 6.45) is 14.1. The third kappa shape index (κ3) is 13.0. The van der Waals surface area contributed by atoms with Gasteiger partial charge in [-0.1, -0.05) is 65.7 Å². The molecular weight excluding hydrogens is 264 g/mol. The highest BCUT2D eigenvalue weighted by Crippen LogP contribution is 2.14. The Morgan fingerprint density at radius 1 is 0.850 bits per heavy atom. The first kappa shape index (κ1) is 20.0. The molecular formula is C18H36OS. The van der Waals surface area contributed by atoms with Crippen molar-refractivity contribution in [3.63, 3.8) is 0 Å².